The van der Waals surface area contributed by atoms with Crippen molar-refractivity contribution in [1.29, 1.82) is 0 Å². The van der Waals surface area contributed by atoms with Crippen LogP contribution in [-0.4, -0.2) is 18.2 Å². The Morgan fingerprint density at radius 1 is 0.871 bits per heavy atom. The highest BCUT2D eigenvalue weighted by Gasteiger charge is 2.38. The molecule has 0 amide bonds. The topological polar surface area (TPSA) is 44.8 Å². The highest BCUT2D eigenvalue weighted by molar-refractivity contribution is 5.80. The third-order valence-corrected chi connectivity index (χ3v) is 4.65. The van der Waals surface area contributed by atoms with Crippen molar-refractivity contribution in [1.82, 2.24) is 0 Å². The zero-order valence-corrected chi connectivity index (χ0v) is 17.4. The first kappa shape index (κ1) is 22.3. The third kappa shape index (κ3) is 6.04. The molecule has 3 aromatic carbocycles. The smallest absolute Gasteiger partial charge is 0.350 e. The van der Waals surface area contributed by atoms with Crippen molar-refractivity contribution in [3.63, 3.8) is 0 Å². The number of hydrogen-bond acceptors (Lipinski definition) is 4. The lowest BCUT2D eigenvalue weighted by atomic mass is 9.96. The van der Waals surface area contributed by atoms with E-state index in [9.17, 15) is 13.6 Å². The molecule has 1 atom stereocenters. The SMILES string of the molecule is CCOC(=O)C(C)(Cc1ccc(OCc2ccccc2)cc1)Oc1ccc(F)c(F)c1. The minimum atomic E-state index is -1.42. The summed E-state index contributed by atoms with van der Waals surface area (Å²) in [7, 11) is 0. The van der Waals surface area contributed by atoms with Crippen LogP contribution in [0.2, 0.25) is 0 Å². The van der Waals surface area contributed by atoms with Crippen LogP contribution in [0, 0.1) is 11.6 Å². The molecule has 6 heteroatoms. The normalized spacial score (nSPS) is 12.6. The fourth-order valence-corrected chi connectivity index (χ4v) is 3.07. The summed E-state index contributed by atoms with van der Waals surface area (Å²) in [4.78, 5) is 12.6. The van der Waals surface area contributed by atoms with Gasteiger partial charge in [0.15, 0.2) is 11.6 Å². The molecule has 3 rings (SSSR count). The predicted molar refractivity (Wildman–Crippen MR) is 113 cm³/mol. The van der Waals surface area contributed by atoms with Gasteiger partial charge in [-0.2, -0.15) is 0 Å². The lowest BCUT2D eigenvalue weighted by Gasteiger charge is -2.28. The van der Waals surface area contributed by atoms with E-state index in [1.165, 1.54) is 6.07 Å². The van der Waals surface area contributed by atoms with Crippen LogP contribution in [0.3, 0.4) is 0 Å². The van der Waals surface area contributed by atoms with E-state index in [1.807, 2.05) is 42.5 Å². The van der Waals surface area contributed by atoms with Gasteiger partial charge in [-0.1, -0.05) is 42.5 Å². The molecule has 3 aromatic rings. The minimum Gasteiger partial charge on any atom is -0.489 e. The van der Waals surface area contributed by atoms with E-state index in [4.69, 9.17) is 14.2 Å². The first-order valence-electron chi connectivity index (χ1n) is 9.96. The van der Waals surface area contributed by atoms with Gasteiger partial charge in [-0.15, -0.1) is 0 Å². The summed E-state index contributed by atoms with van der Waals surface area (Å²) >= 11 is 0. The number of esters is 1. The van der Waals surface area contributed by atoms with Crippen molar-refractivity contribution in [2.45, 2.75) is 32.5 Å². The van der Waals surface area contributed by atoms with Gasteiger partial charge in [-0.25, -0.2) is 13.6 Å². The second kappa shape index (κ2) is 10.1. The highest BCUT2D eigenvalue weighted by atomic mass is 19.2. The number of benzene rings is 3. The Bertz CT molecular complexity index is 1010. The third-order valence-electron chi connectivity index (χ3n) is 4.65. The molecular formula is C25H24F2O4. The van der Waals surface area contributed by atoms with E-state index < -0.39 is 23.2 Å². The van der Waals surface area contributed by atoms with E-state index in [1.54, 1.807) is 26.0 Å². The summed E-state index contributed by atoms with van der Waals surface area (Å²) in [6.07, 6.45) is 0.170. The molecule has 31 heavy (non-hydrogen) atoms. The van der Waals surface area contributed by atoms with E-state index in [2.05, 4.69) is 0 Å². The fraction of sp³-hybridized carbons (Fsp3) is 0.240. The molecule has 0 aromatic heterocycles. The van der Waals surface area contributed by atoms with Crippen molar-refractivity contribution < 1.29 is 27.8 Å². The average molecular weight is 426 g/mol. The van der Waals surface area contributed by atoms with Crippen molar-refractivity contribution in [3.05, 3.63) is 95.6 Å². The molecule has 0 heterocycles. The van der Waals surface area contributed by atoms with Crippen molar-refractivity contribution in [2.24, 2.45) is 0 Å². The molecule has 0 aliphatic rings. The van der Waals surface area contributed by atoms with E-state index >= 15 is 0 Å². The maximum atomic E-state index is 13.6. The fourth-order valence-electron chi connectivity index (χ4n) is 3.07. The van der Waals surface area contributed by atoms with Gasteiger partial charge >= 0.3 is 5.97 Å². The van der Waals surface area contributed by atoms with Crippen molar-refractivity contribution >= 4 is 5.97 Å². The molecule has 0 saturated heterocycles. The summed E-state index contributed by atoms with van der Waals surface area (Å²) in [6.45, 7) is 3.86. The summed E-state index contributed by atoms with van der Waals surface area (Å²) in [5.74, 6) is -1.91. The predicted octanol–water partition coefficient (Wildman–Crippen LogP) is 5.49. The van der Waals surface area contributed by atoms with Gasteiger partial charge in [0.25, 0.3) is 0 Å². The second-order valence-electron chi connectivity index (χ2n) is 7.22. The molecule has 0 aliphatic carbocycles. The van der Waals surface area contributed by atoms with E-state index in [-0.39, 0.29) is 18.8 Å². The summed E-state index contributed by atoms with van der Waals surface area (Å²) in [5, 5.41) is 0. The number of hydrogen-bond donors (Lipinski definition) is 0. The number of ether oxygens (including phenoxy) is 3. The molecule has 1 unspecified atom stereocenters. The van der Waals surface area contributed by atoms with Crippen molar-refractivity contribution in [3.8, 4) is 11.5 Å². The molecule has 0 N–H and O–H groups in total. The van der Waals surface area contributed by atoms with Crippen LogP contribution in [0.25, 0.3) is 0 Å². The second-order valence-corrected chi connectivity index (χ2v) is 7.22. The summed E-state index contributed by atoms with van der Waals surface area (Å²) in [6, 6.07) is 20.2. The van der Waals surface area contributed by atoms with Gasteiger partial charge in [0.2, 0.25) is 5.60 Å². The Hall–Kier alpha value is -3.41. The lowest BCUT2D eigenvalue weighted by Crippen LogP contribution is -2.45. The van der Waals surface area contributed by atoms with E-state index in [0.717, 1.165) is 23.3 Å². The Kier molecular flexibility index (Phi) is 7.23. The summed E-state index contributed by atoms with van der Waals surface area (Å²) in [5.41, 5.74) is 0.429. The van der Waals surface area contributed by atoms with Gasteiger partial charge in [0.1, 0.15) is 18.1 Å². The Labute approximate surface area is 180 Å². The summed E-state index contributed by atoms with van der Waals surface area (Å²) < 4.78 is 43.5. The molecule has 4 nitrogen and oxygen atoms in total. The first-order valence-corrected chi connectivity index (χ1v) is 9.96. The molecular weight excluding hydrogens is 402 g/mol. The maximum Gasteiger partial charge on any atom is 0.350 e. The van der Waals surface area contributed by atoms with E-state index in [0.29, 0.717) is 12.4 Å². The molecule has 0 aliphatic heterocycles. The van der Waals surface area contributed by atoms with Gasteiger partial charge in [0, 0.05) is 12.5 Å². The van der Waals surface area contributed by atoms with Crippen LogP contribution in [0.4, 0.5) is 8.78 Å². The molecule has 0 radical (unpaired) electrons. The number of halogens is 2. The molecule has 0 spiro atoms. The van der Waals surface area contributed by atoms with Crippen LogP contribution in [0.1, 0.15) is 25.0 Å². The maximum absolute atomic E-state index is 13.6. The first-order chi connectivity index (χ1) is 14.9. The van der Waals surface area contributed by atoms with Crippen LogP contribution in [0.15, 0.2) is 72.8 Å². The molecule has 0 saturated carbocycles. The van der Waals surface area contributed by atoms with Crippen LogP contribution < -0.4 is 9.47 Å². The average Bonchev–Trinajstić information content (AvgIpc) is 2.77. The standard InChI is InChI=1S/C25H24F2O4/c1-3-29-24(28)25(2,31-21-13-14-22(26)23(27)15-21)16-18-9-11-20(12-10-18)30-17-19-7-5-4-6-8-19/h4-15H,3,16-17H2,1-2H3. The van der Waals surface area contributed by atoms with Gasteiger partial charge < -0.3 is 14.2 Å². The largest absolute Gasteiger partial charge is 0.489 e. The van der Waals surface area contributed by atoms with Crippen LogP contribution in [-0.2, 0) is 22.6 Å². The Morgan fingerprint density at radius 2 is 1.55 bits per heavy atom. The van der Waals surface area contributed by atoms with Gasteiger partial charge in [0.05, 0.1) is 6.61 Å². The van der Waals surface area contributed by atoms with Gasteiger partial charge in [-0.3, -0.25) is 0 Å². The van der Waals surface area contributed by atoms with Gasteiger partial charge in [-0.05, 0) is 49.2 Å². The minimum absolute atomic E-state index is 0.0391. The zero-order valence-electron chi connectivity index (χ0n) is 17.4. The highest BCUT2D eigenvalue weighted by Crippen LogP contribution is 2.26. The Morgan fingerprint density at radius 3 is 2.19 bits per heavy atom. The number of carbonyl (C=O) groups is 1. The van der Waals surface area contributed by atoms with Crippen molar-refractivity contribution in [2.75, 3.05) is 6.61 Å². The number of carbonyl (C=O) groups excluding carboxylic acids is 1. The number of rotatable bonds is 9. The van der Waals surface area contributed by atoms with Crippen LogP contribution >= 0.6 is 0 Å². The zero-order chi connectivity index (χ0) is 22.3. The molecule has 0 fully saturated rings. The quantitative estimate of drug-likeness (QED) is 0.425. The lowest BCUT2D eigenvalue weighted by molar-refractivity contribution is -0.160. The Balaban J connectivity index is 1.72. The molecule has 0 bridgehead atoms. The molecule has 162 valence electrons. The monoisotopic (exact) mass is 426 g/mol. The van der Waals surface area contributed by atoms with Crippen LogP contribution in [0.5, 0.6) is 11.5 Å².